The molecule has 1 aliphatic carbocycles. The summed E-state index contributed by atoms with van der Waals surface area (Å²) in [5.74, 6) is 0.220. The molecule has 2 rings (SSSR count). The highest BCUT2D eigenvalue weighted by molar-refractivity contribution is 5.81. The number of hydrogen-bond donors (Lipinski definition) is 2. The van der Waals surface area contributed by atoms with Gasteiger partial charge >= 0.3 is 0 Å². The van der Waals surface area contributed by atoms with Crippen LogP contribution in [0.25, 0.3) is 0 Å². The van der Waals surface area contributed by atoms with E-state index in [2.05, 4.69) is 10.6 Å². The summed E-state index contributed by atoms with van der Waals surface area (Å²) >= 11 is 0. The summed E-state index contributed by atoms with van der Waals surface area (Å²) in [5, 5.41) is 6.95. The van der Waals surface area contributed by atoms with Gasteiger partial charge in [0.1, 0.15) is 0 Å². The molecule has 0 aromatic rings. The number of carbonyl (C=O) groups excluding carboxylic acids is 1. The third-order valence-electron chi connectivity index (χ3n) is 3.48. The number of hydrogen-bond acceptors (Lipinski definition) is 3. The lowest BCUT2D eigenvalue weighted by molar-refractivity contribution is -0.130. The highest BCUT2D eigenvalue weighted by atomic mass is 16.2. The molecule has 4 nitrogen and oxygen atoms in total. The minimum atomic E-state index is 0.0564. The van der Waals surface area contributed by atoms with Crippen LogP contribution >= 0.6 is 0 Å². The Labute approximate surface area is 97.8 Å². The van der Waals surface area contributed by atoms with Gasteiger partial charge in [-0.2, -0.15) is 0 Å². The summed E-state index contributed by atoms with van der Waals surface area (Å²) in [7, 11) is 3.65. The number of carbonyl (C=O) groups is 1. The lowest BCUT2D eigenvalue weighted by Crippen LogP contribution is -2.42. The van der Waals surface area contributed by atoms with Crippen molar-refractivity contribution in [3.63, 3.8) is 0 Å². The van der Waals surface area contributed by atoms with Gasteiger partial charge in [-0.15, -0.1) is 0 Å². The summed E-state index contributed by atoms with van der Waals surface area (Å²) in [6.45, 7) is 1.09. The van der Waals surface area contributed by atoms with Crippen molar-refractivity contribution in [1.82, 2.24) is 15.5 Å². The number of likely N-dealkylation sites (N-methyl/N-ethyl adjacent to an activating group) is 1. The Morgan fingerprint density at radius 2 is 2.06 bits per heavy atom. The highest BCUT2D eigenvalue weighted by Gasteiger charge is 2.29. The van der Waals surface area contributed by atoms with Gasteiger partial charge in [-0.25, -0.2) is 0 Å². The zero-order valence-electron chi connectivity index (χ0n) is 10.3. The van der Waals surface area contributed by atoms with Gasteiger partial charge in [0.15, 0.2) is 0 Å². The molecule has 16 heavy (non-hydrogen) atoms. The Kier molecular flexibility index (Phi) is 3.82. The molecule has 2 aliphatic rings. The van der Waals surface area contributed by atoms with Gasteiger partial charge in [-0.05, 0) is 38.6 Å². The van der Waals surface area contributed by atoms with Crippen LogP contribution in [0, 0.1) is 0 Å². The van der Waals surface area contributed by atoms with Crippen molar-refractivity contribution in [1.29, 1.82) is 0 Å². The van der Waals surface area contributed by atoms with E-state index in [1.807, 2.05) is 14.1 Å². The lowest BCUT2D eigenvalue weighted by atomic mass is 10.1. The third kappa shape index (κ3) is 3.19. The Balaban J connectivity index is 1.64. The van der Waals surface area contributed by atoms with Crippen LogP contribution in [0.1, 0.15) is 32.1 Å². The molecule has 0 bridgehead atoms. The minimum Gasteiger partial charge on any atom is -0.347 e. The fraction of sp³-hybridized carbons (Fsp3) is 0.917. The molecule has 2 fully saturated rings. The number of amides is 1. The van der Waals surface area contributed by atoms with E-state index in [0.717, 1.165) is 31.8 Å². The number of nitrogens with zero attached hydrogens (tertiary/aromatic N) is 1. The van der Waals surface area contributed by atoms with Crippen molar-refractivity contribution in [3.05, 3.63) is 0 Å². The summed E-state index contributed by atoms with van der Waals surface area (Å²) < 4.78 is 0. The van der Waals surface area contributed by atoms with Gasteiger partial charge < -0.3 is 15.5 Å². The predicted octanol–water partition coefficient (Wildman–Crippen LogP) is 0.337. The van der Waals surface area contributed by atoms with E-state index >= 15 is 0 Å². The molecular formula is C12H23N3O. The highest BCUT2D eigenvalue weighted by Crippen LogP contribution is 2.20. The first kappa shape index (κ1) is 11.9. The van der Waals surface area contributed by atoms with Crippen molar-refractivity contribution in [2.45, 2.75) is 50.2 Å². The lowest BCUT2D eigenvalue weighted by Gasteiger charge is -2.18. The van der Waals surface area contributed by atoms with Crippen LogP contribution < -0.4 is 10.6 Å². The molecule has 1 saturated carbocycles. The molecule has 1 amide bonds. The van der Waals surface area contributed by atoms with Crippen LogP contribution in [0.2, 0.25) is 0 Å². The average Bonchev–Trinajstić information content (AvgIpc) is 2.94. The van der Waals surface area contributed by atoms with Crippen LogP contribution in [0.4, 0.5) is 0 Å². The van der Waals surface area contributed by atoms with Crippen LogP contribution in [-0.2, 0) is 4.79 Å². The van der Waals surface area contributed by atoms with Gasteiger partial charge in [0.25, 0.3) is 0 Å². The molecule has 2 unspecified atom stereocenters. The van der Waals surface area contributed by atoms with E-state index in [1.54, 1.807) is 4.90 Å². The van der Waals surface area contributed by atoms with E-state index in [9.17, 15) is 4.79 Å². The fourth-order valence-electron chi connectivity index (χ4n) is 2.30. The monoisotopic (exact) mass is 225 g/mol. The van der Waals surface area contributed by atoms with Gasteiger partial charge in [-0.3, -0.25) is 4.79 Å². The molecule has 0 aromatic carbocycles. The predicted molar refractivity (Wildman–Crippen MR) is 64.3 cm³/mol. The second-order valence-electron chi connectivity index (χ2n) is 5.24. The first-order valence-electron chi connectivity index (χ1n) is 6.37. The molecule has 92 valence electrons. The largest absolute Gasteiger partial charge is 0.347 e. The molecule has 0 spiro atoms. The smallest absolute Gasteiger partial charge is 0.239 e. The topological polar surface area (TPSA) is 44.4 Å². The van der Waals surface area contributed by atoms with E-state index < -0.39 is 0 Å². The van der Waals surface area contributed by atoms with Crippen molar-refractivity contribution in [2.24, 2.45) is 0 Å². The Bertz CT molecular complexity index is 251. The second kappa shape index (κ2) is 5.15. The third-order valence-corrected chi connectivity index (χ3v) is 3.48. The van der Waals surface area contributed by atoms with Crippen LogP contribution in [-0.4, -0.2) is 49.6 Å². The van der Waals surface area contributed by atoms with Crippen LogP contribution in [0.5, 0.6) is 0 Å². The van der Waals surface area contributed by atoms with E-state index in [-0.39, 0.29) is 11.9 Å². The summed E-state index contributed by atoms with van der Waals surface area (Å²) in [6, 6.07) is 1.38. The Morgan fingerprint density at radius 3 is 2.69 bits per heavy atom. The second-order valence-corrected chi connectivity index (χ2v) is 5.24. The molecule has 1 aliphatic heterocycles. The first-order chi connectivity index (χ1) is 7.66. The summed E-state index contributed by atoms with van der Waals surface area (Å²) in [6.07, 6.45) is 5.97. The number of nitrogens with one attached hydrogen (secondary N) is 2. The normalized spacial score (nSPS) is 29.4. The fourth-order valence-corrected chi connectivity index (χ4v) is 2.30. The standard InChI is InChI=1S/C12H23N3O/c1-15(2)12(16)11-6-5-10(14-11)7-8-13-9-3-4-9/h9-11,13-14H,3-8H2,1-2H3. The van der Waals surface area contributed by atoms with Gasteiger partial charge in [0.05, 0.1) is 6.04 Å². The molecule has 1 heterocycles. The number of rotatable bonds is 5. The quantitative estimate of drug-likeness (QED) is 0.709. The van der Waals surface area contributed by atoms with Crippen LogP contribution in [0.3, 0.4) is 0 Å². The van der Waals surface area contributed by atoms with Gasteiger partial charge in [0.2, 0.25) is 5.91 Å². The summed E-state index contributed by atoms with van der Waals surface area (Å²) in [4.78, 5) is 13.4. The van der Waals surface area contributed by atoms with Gasteiger partial charge in [0, 0.05) is 26.2 Å². The van der Waals surface area contributed by atoms with Crippen molar-refractivity contribution < 1.29 is 4.79 Å². The maximum atomic E-state index is 11.7. The van der Waals surface area contributed by atoms with Crippen molar-refractivity contribution in [3.8, 4) is 0 Å². The van der Waals surface area contributed by atoms with E-state index in [0.29, 0.717) is 6.04 Å². The molecule has 4 heteroatoms. The van der Waals surface area contributed by atoms with Crippen LogP contribution in [0.15, 0.2) is 0 Å². The molecule has 1 saturated heterocycles. The SMILES string of the molecule is CN(C)C(=O)C1CCC(CCNC2CC2)N1. The van der Waals surface area contributed by atoms with E-state index in [1.165, 1.54) is 12.8 Å². The van der Waals surface area contributed by atoms with E-state index in [4.69, 9.17) is 0 Å². The Morgan fingerprint density at radius 1 is 1.31 bits per heavy atom. The zero-order valence-corrected chi connectivity index (χ0v) is 10.3. The maximum Gasteiger partial charge on any atom is 0.239 e. The molecule has 2 atom stereocenters. The summed E-state index contributed by atoms with van der Waals surface area (Å²) in [5.41, 5.74) is 0. The van der Waals surface area contributed by atoms with Crippen molar-refractivity contribution >= 4 is 5.91 Å². The Hall–Kier alpha value is -0.610. The maximum absolute atomic E-state index is 11.7. The first-order valence-corrected chi connectivity index (χ1v) is 6.37. The van der Waals surface area contributed by atoms with Crippen molar-refractivity contribution in [2.75, 3.05) is 20.6 Å². The molecular weight excluding hydrogens is 202 g/mol. The van der Waals surface area contributed by atoms with Gasteiger partial charge in [-0.1, -0.05) is 0 Å². The average molecular weight is 225 g/mol. The zero-order chi connectivity index (χ0) is 11.5. The molecule has 0 radical (unpaired) electrons. The molecule has 2 N–H and O–H groups in total. The minimum absolute atomic E-state index is 0.0564. The molecule has 0 aromatic heterocycles.